The van der Waals surface area contributed by atoms with Crippen LogP contribution in [0.1, 0.15) is 5.56 Å². The fourth-order valence-electron chi connectivity index (χ4n) is 1.55. The average Bonchev–Trinajstić information content (AvgIpc) is 2.38. The molecule has 0 aliphatic rings. The third-order valence-electron chi connectivity index (χ3n) is 2.52. The first kappa shape index (κ1) is 15.3. The summed E-state index contributed by atoms with van der Waals surface area (Å²) in [4.78, 5) is 0. The smallest absolute Gasteiger partial charge is 0.0657 e. The van der Waals surface area contributed by atoms with Crippen LogP contribution in [0.5, 0.6) is 0 Å². The van der Waals surface area contributed by atoms with E-state index in [9.17, 15) is 0 Å². The van der Waals surface area contributed by atoms with E-state index in [0.717, 1.165) is 15.7 Å². The summed E-state index contributed by atoms with van der Waals surface area (Å²) in [6.45, 7) is 0.456. The second-order valence-electron chi connectivity index (χ2n) is 3.80. The van der Waals surface area contributed by atoms with Crippen LogP contribution in [-0.4, -0.2) is 0 Å². The van der Waals surface area contributed by atoms with Gasteiger partial charge in [-0.15, -0.1) is 0 Å². The van der Waals surface area contributed by atoms with E-state index in [1.54, 1.807) is 18.2 Å². The highest BCUT2D eigenvalue weighted by molar-refractivity contribution is 9.10. The monoisotopic (exact) mass is 397 g/mol. The van der Waals surface area contributed by atoms with E-state index >= 15 is 0 Å². The van der Waals surface area contributed by atoms with E-state index in [2.05, 4.69) is 21.2 Å². The topological polar surface area (TPSA) is 12.0 Å². The molecule has 0 radical (unpaired) electrons. The molecule has 1 nitrogen and oxygen atoms in total. The van der Waals surface area contributed by atoms with Crippen molar-refractivity contribution in [1.82, 2.24) is 0 Å². The summed E-state index contributed by atoms with van der Waals surface area (Å²) in [6.07, 6.45) is 0. The van der Waals surface area contributed by atoms with Gasteiger partial charge in [-0.05, 0) is 46.3 Å². The lowest BCUT2D eigenvalue weighted by molar-refractivity contribution is 1.15. The van der Waals surface area contributed by atoms with Crippen molar-refractivity contribution in [3.63, 3.8) is 0 Å². The maximum atomic E-state index is 6.14. The van der Waals surface area contributed by atoms with Gasteiger partial charge in [-0.2, -0.15) is 0 Å². The number of benzene rings is 2. The summed E-state index contributed by atoms with van der Waals surface area (Å²) >= 11 is 27.6. The number of halogens is 5. The molecule has 19 heavy (non-hydrogen) atoms. The SMILES string of the molecule is Clc1ccc(Br)c(NCc2c(Cl)ccc(Cl)c2Cl)c1. The molecule has 0 aliphatic heterocycles. The molecule has 0 saturated heterocycles. The van der Waals surface area contributed by atoms with Crippen molar-refractivity contribution in [1.29, 1.82) is 0 Å². The van der Waals surface area contributed by atoms with Gasteiger partial charge in [0.25, 0.3) is 0 Å². The number of nitrogens with one attached hydrogen (secondary N) is 1. The third kappa shape index (κ3) is 3.71. The Hall–Kier alpha value is -0.120. The molecule has 0 unspecified atom stereocenters. The van der Waals surface area contributed by atoms with Crippen molar-refractivity contribution < 1.29 is 0 Å². The normalized spacial score (nSPS) is 10.6. The van der Waals surface area contributed by atoms with E-state index in [4.69, 9.17) is 46.4 Å². The van der Waals surface area contributed by atoms with Crippen LogP contribution in [0.15, 0.2) is 34.8 Å². The second-order valence-corrected chi connectivity index (χ2v) is 6.28. The zero-order valence-electron chi connectivity index (χ0n) is 9.48. The summed E-state index contributed by atoms with van der Waals surface area (Å²) in [5.74, 6) is 0. The predicted molar refractivity (Wildman–Crippen MR) is 88.0 cm³/mol. The molecule has 2 aromatic carbocycles. The quantitative estimate of drug-likeness (QED) is 0.568. The fraction of sp³-hybridized carbons (Fsp3) is 0.0769. The van der Waals surface area contributed by atoms with Crippen LogP contribution in [0.4, 0.5) is 5.69 Å². The second kappa shape index (κ2) is 6.55. The molecule has 0 amide bonds. The zero-order chi connectivity index (χ0) is 14.0. The Labute approximate surface area is 139 Å². The van der Waals surface area contributed by atoms with Crippen LogP contribution >= 0.6 is 62.3 Å². The minimum absolute atomic E-state index is 0.456. The minimum atomic E-state index is 0.456. The van der Waals surface area contributed by atoms with Crippen LogP contribution < -0.4 is 5.32 Å². The highest BCUT2D eigenvalue weighted by Crippen LogP contribution is 2.33. The van der Waals surface area contributed by atoms with Crippen LogP contribution in [0.2, 0.25) is 20.1 Å². The van der Waals surface area contributed by atoms with Crippen LogP contribution in [-0.2, 0) is 6.54 Å². The number of hydrogen-bond donors (Lipinski definition) is 1. The molecule has 2 rings (SSSR count). The Morgan fingerprint density at radius 3 is 2.37 bits per heavy atom. The molecule has 0 saturated carbocycles. The van der Waals surface area contributed by atoms with Gasteiger partial charge in [0.15, 0.2) is 0 Å². The minimum Gasteiger partial charge on any atom is -0.380 e. The van der Waals surface area contributed by atoms with E-state index in [1.165, 1.54) is 0 Å². The first-order chi connectivity index (χ1) is 8.99. The lowest BCUT2D eigenvalue weighted by atomic mass is 10.2. The van der Waals surface area contributed by atoms with Crippen LogP contribution in [0, 0.1) is 0 Å². The molecule has 0 spiro atoms. The maximum absolute atomic E-state index is 6.14. The summed E-state index contributed by atoms with van der Waals surface area (Å²) in [5, 5.41) is 5.37. The summed E-state index contributed by atoms with van der Waals surface area (Å²) in [7, 11) is 0. The molecule has 1 N–H and O–H groups in total. The van der Waals surface area contributed by atoms with Gasteiger partial charge < -0.3 is 5.32 Å². The first-order valence-corrected chi connectivity index (χ1v) is 7.61. The number of rotatable bonds is 3. The van der Waals surface area contributed by atoms with Crippen LogP contribution in [0.3, 0.4) is 0 Å². The Kier molecular flexibility index (Phi) is 5.27. The van der Waals surface area contributed by atoms with Crippen molar-refractivity contribution in [2.75, 3.05) is 5.32 Å². The van der Waals surface area contributed by atoms with Crippen molar-refractivity contribution in [3.05, 3.63) is 60.5 Å². The zero-order valence-corrected chi connectivity index (χ0v) is 14.1. The van der Waals surface area contributed by atoms with Crippen molar-refractivity contribution in [2.24, 2.45) is 0 Å². The largest absolute Gasteiger partial charge is 0.380 e. The van der Waals surface area contributed by atoms with Gasteiger partial charge in [-0.25, -0.2) is 0 Å². The van der Waals surface area contributed by atoms with Crippen molar-refractivity contribution >= 4 is 68.0 Å². The molecule has 0 heterocycles. The lowest BCUT2D eigenvalue weighted by Crippen LogP contribution is -2.02. The molecule has 0 atom stereocenters. The van der Waals surface area contributed by atoms with Gasteiger partial charge in [-0.3, -0.25) is 0 Å². The molecule has 100 valence electrons. The Morgan fingerprint density at radius 1 is 0.947 bits per heavy atom. The fourth-order valence-corrected chi connectivity index (χ4v) is 2.79. The van der Waals surface area contributed by atoms with Gasteiger partial charge in [-0.1, -0.05) is 46.4 Å². The van der Waals surface area contributed by atoms with Crippen molar-refractivity contribution in [3.8, 4) is 0 Å². The lowest BCUT2D eigenvalue weighted by Gasteiger charge is -2.12. The molecular formula is C13H8BrCl4N. The Balaban J connectivity index is 2.24. The first-order valence-electron chi connectivity index (χ1n) is 5.30. The van der Waals surface area contributed by atoms with Gasteiger partial charge >= 0.3 is 0 Å². The number of hydrogen-bond acceptors (Lipinski definition) is 1. The van der Waals surface area contributed by atoms with Gasteiger partial charge in [0.05, 0.1) is 15.7 Å². The van der Waals surface area contributed by atoms with E-state index in [1.807, 2.05) is 12.1 Å². The van der Waals surface area contributed by atoms with Gasteiger partial charge in [0.2, 0.25) is 0 Å². The predicted octanol–water partition coefficient (Wildman–Crippen LogP) is 6.67. The van der Waals surface area contributed by atoms with Crippen LogP contribution in [0.25, 0.3) is 0 Å². The van der Waals surface area contributed by atoms with E-state index in [-0.39, 0.29) is 0 Å². The molecule has 0 bridgehead atoms. The summed E-state index contributed by atoms with van der Waals surface area (Å²) in [6, 6.07) is 8.88. The summed E-state index contributed by atoms with van der Waals surface area (Å²) in [5.41, 5.74) is 1.61. The standard InChI is InChI=1S/C13H8BrCl4N/c14-9-2-1-7(15)5-12(9)19-6-8-10(16)3-4-11(17)13(8)18/h1-5,19H,6H2. The highest BCUT2D eigenvalue weighted by atomic mass is 79.9. The summed E-state index contributed by atoms with van der Waals surface area (Å²) < 4.78 is 0.908. The molecule has 6 heteroatoms. The molecule has 2 aromatic rings. The molecule has 0 aromatic heterocycles. The van der Waals surface area contributed by atoms with E-state index < -0.39 is 0 Å². The molecule has 0 fully saturated rings. The van der Waals surface area contributed by atoms with Gasteiger partial charge in [0, 0.05) is 26.6 Å². The maximum Gasteiger partial charge on any atom is 0.0657 e. The average molecular weight is 400 g/mol. The van der Waals surface area contributed by atoms with Gasteiger partial charge in [0.1, 0.15) is 0 Å². The van der Waals surface area contributed by atoms with Crippen molar-refractivity contribution in [2.45, 2.75) is 6.54 Å². The molecule has 0 aliphatic carbocycles. The third-order valence-corrected chi connectivity index (χ3v) is 4.65. The Morgan fingerprint density at radius 2 is 1.63 bits per heavy atom. The number of anilines is 1. The molecular weight excluding hydrogens is 392 g/mol. The Bertz CT molecular complexity index is 616. The van der Waals surface area contributed by atoms with E-state index in [0.29, 0.717) is 26.6 Å². The highest BCUT2D eigenvalue weighted by Gasteiger charge is 2.10.